The molecule has 0 saturated heterocycles. The number of ether oxygens (including phenoxy) is 1. The molecule has 1 aliphatic rings. The maximum atomic E-state index is 14.6. The van der Waals surface area contributed by atoms with Crippen LogP contribution in [0.5, 0.6) is 11.5 Å². The third kappa shape index (κ3) is 4.69. The summed E-state index contributed by atoms with van der Waals surface area (Å²) in [4.78, 5) is 0. The summed E-state index contributed by atoms with van der Waals surface area (Å²) < 4.78 is 33.2. The number of anilines is 1. The molecule has 4 rings (SSSR count). The number of nitrogens with one attached hydrogen (secondary N) is 2. The summed E-state index contributed by atoms with van der Waals surface area (Å²) in [7, 11) is 0. The van der Waals surface area contributed by atoms with Crippen molar-refractivity contribution in [1.82, 2.24) is 5.32 Å². The third-order valence-electron chi connectivity index (χ3n) is 5.01. The van der Waals surface area contributed by atoms with E-state index >= 15 is 0 Å². The van der Waals surface area contributed by atoms with Crippen molar-refractivity contribution in [3.63, 3.8) is 0 Å². The molecule has 0 saturated carbocycles. The van der Waals surface area contributed by atoms with Crippen molar-refractivity contribution < 1.29 is 13.5 Å². The molecule has 1 heterocycles. The van der Waals surface area contributed by atoms with E-state index in [4.69, 9.17) is 16.3 Å². The van der Waals surface area contributed by atoms with Gasteiger partial charge in [0.1, 0.15) is 23.1 Å². The van der Waals surface area contributed by atoms with E-state index in [2.05, 4.69) is 16.7 Å². The van der Waals surface area contributed by atoms with Gasteiger partial charge in [-0.3, -0.25) is 0 Å². The van der Waals surface area contributed by atoms with Crippen molar-refractivity contribution in [1.29, 1.82) is 0 Å². The smallest absolute Gasteiger partial charge is 0.131 e. The molecule has 0 fully saturated rings. The fraction of sp³-hybridized carbons (Fsp3) is 0.217. The van der Waals surface area contributed by atoms with Crippen molar-refractivity contribution in [2.24, 2.45) is 0 Å². The van der Waals surface area contributed by atoms with Crippen molar-refractivity contribution in [2.45, 2.75) is 19.4 Å². The van der Waals surface area contributed by atoms with Crippen LogP contribution in [0.2, 0.25) is 5.02 Å². The summed E-state index contributed by atoms with van der Waals surface area (Å²) in [6.07, 6.45) is 1.83. The summed E-state index contributed by atoms with van der Waals surface area (Å²) in [6.45, 7) is 2.15. The van der Waals surface area contributed by atoms with E-state index in [0.29, 0.717) is 28.6 Å². The summed E-state index contributed by atoms with van der Waals surface area (Å²) >= 11 is 6.42. The number of rotatable bonds is 5. The second kappa shape index (κ2) is 8.80. The molecular weight excluding hydrogens is 394 g/mol. The standard InChI is InChI=1S/C23H21ClF2N2O/c24-21-8-2-15-9-11-27-12-10-20(15)23(21)28-14-16-1-5-19(13-22(16)26)29-18-6-3-17(25)4-7-18/h1-8,13,27-28H,9-12,14H2. The molecule has 0 aromatic heterocycles. The average molecular weight is 415 g/mol. The van der Waals surface area contributed by atoms with Gasteiger partial charge in [0.15, 0.2) is 0 Å². The largest absolute Gasteiger partial charge is 0.457 e. The Hall–Kier alpha value is -2.63. The Labute approximate surface area is 173 Å². The monoisotopic (exact) mass is 414 g/mol. The van der Waals surface area contributed by atoms with Crippen molar-refractivity contribution in [3.05, 3.63) is 87.9 Å². The van der Waals surface area contributed by atoms with Gasteiger partial charge in [0.2, 0.25) is 0 Å². The van der Waals surface area contributed by atoms with Gasteiger partial charge in [0, 0.05) is 18.2 Å². The highest BCUT2D eigenvalue weighted by Gasteiger charge is 2.15. The van der Waals surface area contributed by atoms with E-state index in [1.165, 1.54) is 41.5 Å². The van der Waals surface area contributed by atoms with Crippen LogP contribution in [0.3, 0.4) is 0 Å². The number of hydrogen-bond donors (Lipinski definition) is 2. The highest BCUT2D eigenvalue weighted by atomic mass is 35.5. The number of benzene rings is 3. The van der Waals surface area contributed by atoms with E-state index in [1.807, 2.05) is 6.07 Å². The Morgan fingerprint density at radius 3 is 2.48 bits per heavy atom. The summed E-state index contributed by atoms with van der Waals surface area (Å²) in [5, 5.41) is 7.35. The van der Waals surface area contributed by atoms with Crippen LogP contribution in [0, 0.1) is 11.6 Å². The van der Waals surface area contributed by atoms with E-state index in [9.17, 15) is 8.78 Å². The molecule has 1 aliphatic heterocycles. The Bertz CT molecular complexity index is 1010. The Morgan fingerprint density at radius 2 is 1.69 bits per heavy atom. The van der Waals surface area contributed by atoms with Crippen LogP contribution in [-0.4, -0.2) is 13.1 Å². The molecule has 150 valence electrons. The van der Waals surface area contributed by atoms with Crippen LogP contribution in [0.1, 0.15) is 16.7 Å². The van der Waals surface area contributed by atoms with E-state index in [0.717, 1.165) is 31.6 Å². The van der Waals surface area contributed by atoms with Gasteiger partial charge in [-0.2, -0.15) is 0 Å². The van der Waals surface area contributed by atoms with Crippen LogP contribution in [-0.2, 0) is 19.4 Å². The molecule has 3 nitrogen and oxygen atoms in total. The lowest BCUT2D eigenvalue weighted by molar-refractivity contribution is 0.474. The number of hydrogen-bond acceptors (Lipinski definition) is 3. The van der Waals surface area contributed by atoms with Crippen LogP contribution in [0.25, 0.3) is 0 Å². The lowest BCUT2D eigenvalue weighted by Crippen LogP contribution is -2.16. The normalized spacial score (nSPS) is 13.5. The third-order valence-corrected chi connectivity index (χ3v) is 5.33. The van der Waals surface area contributed by atoms with Crippen molar-refractivity contribution in [2.75, 3.05) is 18.4 Å². The molecule has 0 unspecified atom stereocenters. The van der Waals surface area contributed by atoms with E-state index < -0.39 is 0 Å². The fourth-order valence-corrected chi connectivity index (χ4v) is 3.74. The van der Waals surface area contributed by atoms with E-state index in [1.54, 1.807) is 12.1 Å². The van der Waals surface area contributed by atoms with Crippen molar-refractivity contribution in [3.8, 4) is 11.5 Å². The minimum atomic E-state index is -0.378. The van der Waals surface area contributed by atoms with Gasteiger partial charge in [-0.1, -0.05) is 23.7 Å². The highest BCUT2D eigenvalue weighted by Crippen LogP contribution is 2.31. The van der Waals surface area contributed by atoms with Gasteiger partial charge in [0.05, 0.1) is 10.7 Å². The Kier molecular flexibility index (Phi) is 5.97. The van der Waals surface area contributed by atoms with Crippen LogP contribution >= 0.6 is 11.6 Å². The molecule has 3 aromatic rings. The Morgan fingerprint density at radius 1 is 0.931 bits per heavy atom. The van der Waals surface area contributed by atoms with Gasteiger partial charge >= 0.3 is 0 Å². The first kappa shape index (κ1) is 19.7. The van der Waals surface area contributed by atoms with Gasteiger partial charge in [0.25, 0.3) is 0 Å². The number of halogens is 3. The molecule has 0 bridgehead atoms. The topological polar surface area (TPSA) is 33.3 Å². The van der Waals surface area contributed by atoms with Gasteiger partial charge in [-0.15, -0.1) is 0 Å². The zero-order chi connectivity index (χ0) is 20.2. The summed E-state index contributed by atoms with van der Waals surface area (Å²) in [5.41, 5.74) is 3.85. The molecule has 0 spiro atoms. The average Bonchev–Trinajstić information content (AvgIpc) is 2.96. The predicted molar refractivity (Wildman–Crippen MR) is 112 cm³/mol. The number of fused-ring (bicyclic) bond motifs is 1. The molecule has 3 aromatic carbocycles. The lowest BCUT2D eigenvalue weighted by atomic mass is 10.0. The van der Waals surface area contributed by atoms with Crippen molar-refractivity contribution >= 4 is 17.3 Å². The molecule has 0 amide bonds. The first-order chi connectivity index (χ1) is 14.1. The minimum absolute atomic E-state index is 0.312. The second-order valence-electron chi connectivity index (χ2n) is 6.97. The Balaban J connectivity index is 1.49. The predicted octanol–water partition coefficient (Wildman–Crippen LogP) is 5.71. The summed E-state index contributed by atoms with van der Waals surface area (Å²) in [5.74, 6) is 0.0784. The van der Waals surface area contributed by atoms with Gasteiger partial charge < -0.3 is 15.4 Å². The van der Waals surface area contributed by atoms with E-state index in [-0.39, 0.29) is 11.6 Å². The lowest BCUT2D eigenvalue weighted by Gasteiger charge is -2.17. The zero-order valence-electron chi connectivity index (χ0n) is 15.8. The maximum absolute atomic E-state index is 14.6. The molecule has 2 N–H and O–H groups in total. The summed E-state index contributed by atoms with van der Waals surface area (Å²) in [6, 6.07) is 14.3. The van der Waals surface area contributed by atoms with Crippen LogP contribution in [0.15, 0.2) is 54.6 Å². The first-order valence-electron chi connectivity index (χ1n) is 9.57. The quantitative estimate of drug-likeness (QED) is 0.561. The molecule has 0 atom stereocenters. The molecule has 0 aliphatic carbocycles. The van der Waals surface area contributed by atoms with Gasteiger partial charge in [-0.25, -0.2) is 8.78 Å². The molecular formula is C23H21ClF2N2O. The maximum Gasteiger partial charge on any atom is 0.131 e. The highest BCUT2D eigenvalue weighted by molar-refractivity contribution is 6.33. The SMILES string of the molecule is Fc1ccc(Oc2ccc(CNc3c(Cl)ccc4c3CCNCC4)c(F)c2)cc1. The fourth-order valence-electron chi connectivity index (χ4n) is 3.49. The second-order valence-corrected chi connectivity index (χ2v) is 7.38. The molecule has 0 radical (unpaired) electrons. The molecule has 29 heavy (non-hydrogen) atoms. The minimum Gasteiger partial charge on any atom is -0.457 e. The van der Waals surface area contributed by atoms with Crippen LogP contribution < -0.4 is 15.4 Å². The zero-order valence-corrected chi connectivity index (χ0v) is 16.5. The van der Waals surface area contributed by atoms with Crippen LogP contribution in [0.4, 0.5) is 14.5 Å². The first-order valence-corrected chi connectivity index (χ1v) is 9.94. The van der Waals surface area contributed by atoms with Gasteiger partial charge in [-0.05, 0) is 73.5 Å². The molecule has 6 heteroatoms.